The Labute approximate surface area is 174 Å². The van der Waals surface area contributed by atoms with E-state index in [1.54, 1.807) is 6.26 Å². The van der Waals surface area contributed by atoms with Crippen molar-refractivity contribution in [2.45, 2.75) is 58.5 Å². The highest BCUT2D eigenvalue weighted by Crippen LogP contribution is 2.22. The lowest BCUT2D eigenvalue weighted by molar-refractivity contribution is 0.322. The second kappa shape index (κ2) is 11.4. The van der Waals surface area contributed by atoms with Crippen LogP contribution in [0.2, 0.25) is 0 Å². The van der Waals surface area contributed by atoms with Crippen LogP contribution >= 0.6 is 0 Å². The van der Waals surface area contributed by atoms with Gasteiger partial charge >= 0.3 is 0 Å². The molecule has 0 aliphatic heterocycles. The Morgan fingerprint density at radius 3 is 2.59 bits per heavy atom. The number of hydrogen-bond acceptors (Lipinski definition) is 4. The van der Waals surface area contributed by atoms with Crippen molar-refractivity contribution >= 4 is 0 Å². The van der Waals surface area contributed by atoms with Gasteiger partial charge in [-0.15, -0.1) is 0 Å². The molecule has 0 aliphatic rings. The second-order valence-corrected chi connectivity index (χ2v) is 7.53. The van der Waals surface area contributed by atoms with Crippen molar-refractivity contribution in [2.24, 2.45) is 0 Å². The van der Waals surface area contributed by atoms with Crippen molar-refractivity contribution in [3.8, 4) is 17.2 Å². The number of hydrogen-bond donors (Lipinski definition) is 1. The zero-order valence-corrected chi connectivity index (χ0v) is 17.6. The van der Waals surface area contributed by atoms with Gasteiger partial charge in [-0.3, -0.25) is 0 Å². The molecule has 0 fully saturated rings. The quantitative estimate of drug-likeness (QED) is 0.383. The molecule has 1 N–H and O–H groups in total. The summed E-state index contributed by atoms with van der Waals surface area (Å²) in [4.78, 5) is 4.61. The van der Waals surface area contributed by atoms with Gasteiger partial charge in [-0.05, 0) is 43.2 Å². The van der Waals surface area contributed by atoms with Crippen LogP contribution in [0, 0.1) is 0 Å². The predicted molar refractivity (Wildman–Crippen MR) is 118 cm³/mol. The first-order valence-corrected chi connectivity index (χ1v) is 10.7. The van der Waals surface area contributed by atoms with Crippen LogP contribution in [0.15, 0.2) is 65.3 Å². The highest BCUT2D eigenvalue weighted by atomic mass is 16.5. The van der Waals surface area contributed by atoms with E-state index in [0.717, 1.165) is 30.0 Å². The monoisotopic (exact) mass is 392 g/mol. The van der Waals surface area contributed by atoms with Crippen molar-refractivity contribution in [3.63, 3.8) is 0 Å². The van der Waals surface area contributed by atoms with Crippen molar-refractivity contribution in [3.05, 3.63) is 72.1 Å². The van der Waals surface area contributed by atoms with Gasteiger partial charge < -0.3 is 14.5 Å². The van der Waals surface area contributed by atoms with E-state index in [1.165, 1.54) is 31.2 Å². The molecule has 154 valence electrons. The van der Waals surface area contributed by atoms with Crippen LogP contribution in [0.5, 0.6) is 5.75 Å². The average Bonchev–Trinajstić information content (AvgIpc) is 3.23. The Kier molecular flexibility index (Phi) is 8.32. The maximum Gasteiger partial charge on any atom is 0.226 e. The Morgan fingerprint density at radius 1 is 1.03 bits per heavy atom. The topological polar surface area (TPSA) is 47.3 Å². The van der Waals surface area contributed by atoms with Gasteiger partial charge in [0.25, 0.3) is 0 Å². The third kappa shape index (κ3) is 7.06. The number of benzene rings is 2. The van der Waals surface area contributed by atoms with E-state index in [9.17, 15) is 0 Å². The van der Waals surface area contributed by atoms with Gasteiger partial charge in [0.15, 0.2) is 0 Å². The smallest absolute Gasteiger partial charge is 0.226 e. The van der Waals surface area contributed by atoms with Crippen LogP contribution in [0.3, 0.4) is 0 Å². The van der Waals surface area contributed by atoms with E-state index in [4.69, 9.17) is 9.15 Å². The zero-order valence-electron chi connectivity index (χ0n) is 17.6. The molecule has 0 aliphatic carbocycles. The van der Waals surface area contributed by atoms with E-state index in [2.05, 4.69) is 48.4 Å². The lowest BCUT2D eigenvalue weighted by Gasteiger charge is -2.11. The minimum Gasteiger partial charge on any atom is -0.493 e. The second-order valence-electron chi connectivity index (χ2n) is 7.53. The molecule has 0 radical (unpaired) electrons. The number of nitrogens with zero attached hydrogens (tertiary/aromatic N) is 1. The van der Waals surface area contributed by atoms with Crippen molar-refractivity contribution < 1.29 is 9.15 Å². The standard InChI is InChI=1S/C25H32N2O2/c1-3-4-6-9-20(2)26-18-23-19-29-25(27-23)22-12-14-24(15-13-22)28-17-16-21-10-7-5-8-11-21/h5,7-8,10-15,19-20,26H,3-4,6,9,16-18H2,1-2H3. The van der Waals surface area contributed by atoms with Crippen LogP contribution in [0.1, 0.15) is 50.8 Å². The van der Waals surface area contributed by atoms with Crippen LogP contribution in [0.4, 0.5) is 0 Å². The van der Waals surface area contributed by atoms with E-state index < -0.39 is 0 Å². The number of rotatable bonds is 12. The van der Waals surface area contributed by atoms with Gasteiger partial charge in [-0.2, -0.15) is 0 Å². The first-order chi connectivity index (χ1) is 14.2. The molecular formula is C25H32N2O2. The Bertz CT molecular complexity index is 828. The Morgan fingerprint density at radius 2 is 1.83 bits per heavy atom. The van der Waals surface area contributed by atoms with Gasteiger partial charge in [0, 0.05) is 24.6 Å². The zero-order chi connectivity index (χ0) is 20.3. The van der Waals surface area contributed by atoms with E-state index in [0.29, 0.717) is 18.5 Å². The van der Waals surface area contributed by atoms with Crippen molar-refractivity contribution in [1.29, 1.82) is 0 Å². The molecule has 1 unspecified atom stereocenters. The summed E-state index contributed by atoms with van der Waals surface area (Å²) in [5.74, 6) is 1.51. The normalized spacial score (nSPS) is 12.1. The number of ether oxygens (including phenoxy) is 1. The van der Waals surface area contributed by atoms with Gasteiger partial charge in [0.2, 0.25) is 5.89 Å². The summed E-state index contributed by atoms with van der Waals surface area (Å²) >= 11 is 0. The fourth-order valence-corrected chi connectivity index (χ4v) is 3.23. The first kappa shape index (κ1) is 21.1. The van der Waals surface area contributed by atoms with Crippen LogP contribution in [-0.2, 0) is 13.0 Å². The molecule has 3 rings (SSSR count). The minimum atomic E-state index is 0.494. The molecule has 0 saturated carbocycles. The van der Waals surface area contributed by atoms with Crippen LogP contribution < -0.4 is 10.1 Å². The Balaban J connectivity index is 1.45. The van der Waals surface area contributed by atoms with Crippen LogP contribution in [0.25, 0.3) is 11.5 Å². The molecule has 0 bridgehead atoms. The lowest BCUT2D eigenvalue weighted by atomic mass is 10.1. The largest absolute Gasteiger partial charge is 0.493 e. The number of nitrogens with one attached hydrogen (secondary N) is 1. The molecule has 2 aromatic carbocycles. The molecule has 1 heterocycles. The van der Waals surface area contributed by atoms with Gasteiger partial charge in [0.1, 0.15) is 12.0 Å². The molecule has 0 amide bonds. The SMILES string of the molecule is CCCCCC(C)NCc1coc(-c2ccc(OCCc3ccccc3)cc2)n1. The number of unbranched alkanes of at least 4 members (excludes halogenated alkanes) is 2. The summed E-state index contributed by atoms with van der Waals surface area (Å²) < 4.78 is 11.5. The molecule has 1 aromatic heterocycles. The van der Waals surface area contributed by atoms with Gasteiger partial charge in [0.05, 0.1) is 12.3 Å². The van der Waals surface area contributed by atoms with Gasteiger partial charge in [-0.25, -0.2) is 4.98 Å². The summed E-state index contributed by atoms with van der Waals surface area (Å²) in [7, 11) is 0. The van der Waals surface area contributed by atoms with Gasteiger partial charge in [-0.1, -0.05) is 56.5 Å². The first-order valence-electron chi connectivity index (χ1n) is 10.7. The molecule has 29 heavy (non-hydrogen) atoms. The fourth-order valence-electron chi connectivity index (χ4n) is 3.23. The lowest BCUT2D eigenvalue weighted by Crippen LogP contribution is -2.25. The summed E-state index contributed by atoms with van der Waals surface area (Å²) in [5, 5.41) is 3.53. The molecule has 1 atom stereocenters. The highest BCUT2D eigenvalue weighted by molar-refractivity contribution is 5.54. The Hall–Kier alpha value is -2.59. The number of oxazole rings is 1. The maximum atomic E-state index is 5.85. The maximum absolute atomic E-state index is 5.85. The average molecular weight is 393 g/mol. The summed E-state index contributed by atoms with van der Waals surface area (Å²) in [6.45, 7) is 5.86. The van der Waals surface area contributed by atoms with Crippen molar-refractivity contribution in [2.75, 3.05) is 6.61 Å². The summed E-state index contributed by atoms with van der Waals surface area (Å²) in [6, 6.07) is 18.8. The minimum absolute atomic E-state index is 0.494. The molecule has 3 aromatic rings. The summed E-state index contributed by atoms with van der Waals surface area (Å²) in [5.41, 5.74) is 3.18. The van der Waals surface area contributed by atoms with E-state index in [1.807, 2.05) is 30.3 Å². The van der Waals surface area contributed by atoms with E-state index in [-0.39, 0.29) is 0 Å². The summed E-state index contributed by atoms with van der Waals surface area (Å²) in [6.07, 6.45) is 7.67. The van der Waals surface area contributed by atoms with E-state index >= 15 is 0 Å². The molecule has 0 spiro atoms. The predicted octanol–water partition coefficient (Wildman–Crippen LogP) is 6.02. The molecular weight excluding hydrogens is 360 g/mol. The third-order valence-corrected chi connectivity index (χ3v) is 5.03. The fraction of sp³-hybridized carbons (Fsp3) is 0.400. The molecule has 4 heteroatoms. The highest BCUT2D eigenvalue weighted by Gasteiger charge is 2.08. The molecule has 0 saturated heterocycles. The third-order valence-electron chi connectivity index (χ3n) is 5.03. The number of aromatic nitrogens is 1. The van der Waals surface area contributed by atoms with Crippen LogP contribution in [-0.4, -0.2) is 17.6 Å². The van der Waals surface area contributed by atoms with Crippen molar-refractivity contribution in [1.82, 2.24) is 10.3 Å². The molecule has 4 nitrogen and oxygen atoms in total.